The number of nitrogens with zero attached hydrogens (tertiary/aromatic N) is 1. The molecule has 1 N–H and O–H groups in total. The summed E-state index contributed by atoms with van der Waals surface area (Å²) in [5.41, 5.74) is 0. The first-order chi connectivity index (χ1) is 8.47. The molecule has 0 aromatic carbocycles. The molecule has 0 spiro atoms. The lowest BCUT2D eigenvalue weighted by Crippen LogP contribution is -2.42. The second-order valence-corrected chi connectivity index (χ2v) is 5.96. The van der Waals surface area contributed by atoms with Crippen molar-refractivity contribution >= 4 is 17.3 Å². The molecule has 0 atom stereocenters. The van der Waals surface area contributed by atoms with E-state index >= 15 is 0 Å². The molecule has 0 aliphatic heterocycles. The van der Waals surface area contributed by atoms with Gasteiger partial charge in [0, 0.05) is 26.7 Å². The Morgan fingerprint density at radius 1 is 1.11 bits per heavy atom. The van der Waals surface area contributed by atoms with Crippen molar-refractivity contribution in [3.05, 3.63) is 0 Å². The lowest BCUT2D eigenvalue weighted by molar-refractivity contribution is 0.202. The highest BCUT2D eigenvalue weighted by Gasteiger charge is 2.10. The summed E-state index contributed by atoms with van der Waals surface area (Å²) in [5.74, 6) is 1.43. The van der Waals surface area contributed by atoms with Crippen molar-refractivity contribution in [1.29, 1.82) is 0 Å². The molecule has 18 heavy (non-hydrogen) atoms. The second-order valence-electron chi connectivity index (χ2n) is 5.58. The standard InChI is InChI=1S/C14H30N2OS/c1-12(2)6-9-16(10-7-13(3)4)14(18)15-8-11-17-5/h12-13H,6-11H2,1-5H3,(H,15,18). The third kappa shape index (κ3) is 9.66. The molecule has 0 bridgehead atoms. The fourth-order valence-corrected chi connectivity index (χ4v) is 1.80. The number of methoxy groups -OCH3 is 1. The molecule has 0 aliphatic rings. The summed E-state index contributed by atoms with van der Waals surface area (Å²) in [4.78, 5) is 2.30. The molecule has 0 heterocycles. The van der Waals surface area contributed by atoms with Crippen molar-refractivity contribution in [3.8, 4) is 0 Å². The molecule has 0 aliphatic carbocycles. The molecule has 0 unspecified atom stereocenters. The smallest absolute Gasteiger partial charge is 0.169 e. The molecule has 3 nitrogen and oxygen atoms in total. The van der Waals surface area contributed by atoms with Gasteiger partial charge in [0.05, 0.1) is 6.61 Å². The average Bonchev–Trinajstić information content (AvgIpc) is 2.28. The molecular weight excluding hydrogens is 244 g/mol. The Hall–Kier alpha value is -0.350. The third-order valence-corrected chi connectivity index (χ3v) is 3.22. The van der Waals surface area contributed by atoms with Gasteiger partial charge in [0.1, 0.15) is 0 Å². The van der Waals surface area contributed by atoms with Gasteiger partial charge >= 0.3 is 0 Å². The van der Waals surface area contributed by atoms with Gasteiger partial charge in [-0.15, -0.1) is 0 Å². The number of thiocarbonyl (C=S) groups is 1. The van der Waals surface area contributed by atoms with Crippen molar-refractivity contribution in [2.24, 2.45) is 11.8 Å². The van der Waals surface area contributed by atoms with Crippen molar-refractivity contribution in [3.63, 3.8) is 0 Å². The zero-order chi connectivity index (χ0) is 14.0. The fourth-order valence-electron chi connectivity index (χ4n) is 1.51. The number of rotatable bonds is 9. The zero-order valence-corrected chi connectivity index (χ0v) is 13.5. The number of ether oxygens (including phenoxy) is 1. The minimum atomic E-state index is 0.697. The first kappa shape index (κ1) is 17.6. The normalized spacial score (nSPS) is 11.1. The van der Waals surface area contributed by atoms with E-state index in [-0.39, 0.29) is 0 Å². The maximum atomic E-state index is 5.45. The molecule has 0 saturated carbocycles. The molecule has 0 amide bonds. The average molecular weight is 274 g/mol. The topological polar surface area (TPSA) is 24.5 Å². The van der Waals surface area contributed by atoms with E-state index < -0.39 is 0 Å². The zero-order valence-electron chi connectivity index (χ0n) is 12.7. The van der Waals surface area contributed by atoms with Crippen molar-refractivity contribution in [1.82, 2.24) is 10.2 Å². The Labute approximate surface area is 118 Å². The van der Waals surface area contributed by atoms with Crippen LogP contribution in [0.15, 0.2) is 0 Å². The minimum absolute atomic E-state index is 0.697. The first-order valence-electron chi connectivity index (χ1n) is 6.99. The summed E-state index contributed by atoms with van der Waals surface area (Å²) < 4.78 is 5.03. The Bertz CT molecular complexity index is 208. The van der Waals surface area contributed by atoms with Crippen LogP contribution in [-0.4, -0.2) is 43.4 Å². The monoisotopic (exact) mass is 274 g/mol. The predicted molar refractivity (Wildman–Crippen MR) is 83.0 cm³/mol. The van der Waals surface area contributed by atoms with Crippen LogP contribution >= 0.6 is 12.2 Å². The Balaban J connectivity index is 4.11. The molecule has 0 rings (SSSR count). The van der Waals surface area contributed by atoms with Crippen molar-refractivity contribution < 1.29 is 4.74 Å². The van der Waals surface area contributed by atoms with Gasteiger partial charge in [-0.25, -0.2) is 0 Å². The summed E-state index contributed by atoms with van der Waals surface area (Å²) in [6.45, 7) is 12.6. The molecule has 0 radical (unpaired) electrons. The number of nitrogens with one attached hydrogen (secondary N) is 1. The van der Waals surface area contributed by atoms with Crippen molar-refractivity contribution in [2.45, 2.75) is 40.5 Å². The second kappa shape index (κ2) is 10.6. The summed E-state index contributed by atoms with van der Waals surface area (Å²) >= 11 is 5.45. The van der Waals surface area contributed by atoms with Gasteiger partial charge in [-0.3, -0.25) is 0 Å². The van der Waals surface area contributed by atoms with Crippen LogP contribution in [0.3, 0.4) is 0 Å². The quantitative estimate of drug-likeness (QED) is 0.516. The molecule has 0 aromatic heterocycles. The first-order valence-corrected chi connectivity index (χ1v) is 7.39. The van der Waals surface area contributed by atoms with Crippen LogP contribution in [0.4, 0.5) is 0 Å². The maximum absolute atomic E-state index is 5.45. The highest BCUT2D eigenvalue weighted by molar-refractivity contribution is 7.80. The molecule has 0 saturated heterocycles. The highest BCUT2D eigenvalue weighted by Crippen LogP contribution is 2.06. The minimum Gasteiger partial charge on any atom is -0.383 e. The van der Waals surface area contributed by atoms with Gasteiger partial charge < -0.3 is 15.0 Å². The van der Waals surface area contributed by atoms with Gasteiger partial charge in [0.25, 0.3) is 0 Å². The molecule has 0 aromatic rings. The van der Waals surface area contributed by atoms with E-state index in [2.05, 4.69) is 37.9 Å². The van der Waals surface area contributed by atoms with Crippen LogP contribution in [0.1, 0.15) is 40.5 Å². The van der Waals surface area contributed by atoms with Gasteiger partial charge in [0.2, 0.25) is 0 Å². The van der Waals surface area contributed by atoms with Crippen LogP contribution in [-0.2, 0) is 4.74 Å². The molecule has 4 heteroatoms. The van der Waals surface area contributed by atoms with Crippen molar-refractivity contribution in [2.75, 3.05) is 33.4 Å². The lowest BCUT2D eigenvalue weighted by atomic mass is 10.1. The van der Waals surface area contributed by atoms with Crippen LogP contribution in [0.2, 0.25) is 0 Å². The van der Waals surface area contributed by atoms with Crippen LogP contribution in [0.25, 0.3) is 0 Å². The Morgan fingerprint density at radius 3 is 2.00 bits per heavy atom. The summed E-state index contributed by atoms with van der Waals surface area (Å²) in [7, 11) is 1.71. The summed E-state index contributed by atoms with van der Waals surface area (Å²) in [6.07, 6.45) is 2.37. The molecular formula is C14H30N2OS. The van der Waals surface area contributed by atoms with Crippen LogP contribution < -0.4 is 5.32 Å². The van der Waals surface area contributed by atoms with Crippen LogP contribution in [0.5, 0.6) is 0 Å². The van der Waals surface area contributed by atoms with Gasteiger partial charge in [0.15, 0.2) is 5.11 Å². The van der Waals surface area contributed by atoms with E-state index in [1.165, 1.54) is 12.8 Å². The van der Waals surface area contributed by atoms with E-state index in [0.29, 0.717) is 18.4 Å². The lowest BCUT2D eigenvalue weighted by Gasteiger charge is -2.27. The van der Waals surface area contributed by atoms with Crippen LogP contribution in [0, 0.1) is 11.8 Å². The largest absolute Gasteiger partial charge is 0.383 e. The van der Waals surface area contributed by atoms with Gasteiger partial charge in [-0.1, -0.05) is 27.7 Å². The Morgan fingerprint density at radius 2 is 1.61 bits per heavy atom. The molecule has 108 valence electrons. The Kier molecular flexibility index (Phi) is 10.4. The van der Waals surface area contributed by atoms with E-state index in [9.17, 15) is 0 Å². The van der Waals surface area contributed by atoms with E-state index in [1.54, 1.807) is 7.11 Å². The fraction of sp³-hybridized carbons (Fsp3) is 0.929. The predicted octanol–water partition coefficient (Wildman–Crippen LogP) is 2.90. The summed E-state index contributed by atoms with van der Waals surface area (Å²) in [6, 6.07) is 0. The SMILES string of the molecule is COCCNC(=S)N(CCC(C)C)CCC(C)C. The molecule has 0 fully saturated rings. The number of hydrogen-bond acceptors (Lipinski definition) is 2. The van der Waals surface area contributed by atoms with E-state index in [1.807, 2.05) is 0 Å². The summed E-state index contributed by atoms with van der Waals surface area (Å²) in [5, 5.41) is 4.13. The third-order valence-electron chi connectivity index (χ3n) is 2.82. The van der Waals surface area contributed by atoms with Gasteiger partial charge in [-0.2, -0.15) is 0 Å². The van der Waals surface area contributed by atoms with E-state index in [4.69, 9.17) is 17.0 Å². The van der Waals surface area contributed by atoms with Gasteiger partial charge in [-0.05, 0) is 36.9 Å². The maximum Gasteiger partial charge on any atom is 0.169 e. The number of hydrogen-bond donors (Lipinski definition) is 1. The highest BCUT2D eigenvalue weighted by atomic mass is 32.1. The van der Waals surface area contributed by atoms with E-state index in [0.717, 1.165) is 24.7 Å².